The number of aromatic nitrogens is 2. The van der Waals surface area contributed by atoms with E-state index >= 15 is 0 Å². The number of imidazole rings is 1. The summed E-state index contributed by atoms with van der Waals surface area (Å²) in [7, 11) is 2.16. The van der Waals surface area contributed by atoms with Crippen molar-refractivity contribution in [1.82, 2.24) is 14.5 Å². The molecule has 0 saturated carbocycles. The van der Waals surface area contributed by atoms with E-state index in [9.17, 15) is 4.39 Å². The molecule has 6 heteroatoms. The minimum atomic E-state index is -0.264. The summed E-state index contributed by atoms with van der Waals surface area (Å²) in [6, 6.07) is 3.31. The molecule has 1 aromatic heterocycles. The summed E-state index contributed by atoms with van der Waals surface area (Å²) >= 11 is 8.64. The maximum absolute atomic E-state index is 13.6. The van der Waals surface area contributed by atoms with Crippen LogP contribution >= 0.6 is 28.1 Å². The van der Waals surface area contributed by atoms with Gasteiger partial charge in [0.2, 0.25) is 0 Å². The van der Waals surface area contributed by atoms with E-state index in [1.54, 1.807) is 0 Å². The molecule has 3 rings (SSSR count). The number of hydrogen-bond acceptors (Lipinski definition) is 2. The van der Waals surface area contributed by atoms with Crippen LogP contribution in [0, 0.1) is 16.5 Å². The van der Waals surface area contributed by atoms with E-state index in [0.717, 1.165) is 30.7 Å². The number of benzene rings is 1. The van der Waals surface area contributed by atoms with Gasteiger partial charge in [-0.1, -0.05) is 0 Å². The highest BCUT2D eigenvalue weighted by Crippen LogP contribution is 2.26. The first-order valence-electron chi connectivity index (χ1n) is 6.80. The highest BCUT2D eigenvalue weighted by molar-refractivity contribution is 9.10. The lowest BCUT2D eigenvalue weighted by Gasteiger charge is -2.29. The predicted octanol–water partition coefficient (Wildman–Crippen LogP) is 3.94. The standard InChI is InChI=1S/C14H17BrFN3S/c1-18-4-2-9(3-5-18)8-19-13-6-10(15)11(16)7-12(13)17-14(19)20/h6-7,9H,2-5,8H2,1H3,(H,17,20). The number of nitrogens with zero attached hydrogens (tertiary/aromatic N) is 2. The van der Waals surface area contributed by atoms with Crippen molar-refractivity contribution in [2.45, 2.75) is 19.4 Å². The Morgan fingerprint density at radius 1 is 1.40 bits per heavy atom. The lowest BCUT2D eigenvalue weighted by atomic mass is 9.97. The van der Waals surface area contributed by atoms with E-state index in [0.29, 0.717) is 15.2 Å². The van der Waals surface area contributed by atoms with Crippen molar-refractivity contribution in [3.05, 3.63) is 27.2 Å². The smallest absolute Gasteiger partial charge is 0.178 e. The van der Waals surface area contributed by atoms with Crippen molar-refractivity contribution in [1.29, 1.82) is 0 Å². The fourth-order valence-electron chi connectivity index (χ4n) is 2.84. The molecule has 1 fully saturated rings. The third kappa shape index (κ3) is 2.69. The second-order valence-electron chi connectivity index (χ2n) is 5.57. The van der Waals surface area contributed by atoms with Crippen molar-refractivity contribution in [2.75, 3.05) is 20.1 Å². The van der Waals surface area contributed by atoms with Crippen molar-refractivity contribution in [3.8, 4) is 0 Å². The van der Waals surface area contributed by atoms with Gasteiger partial charge in [0, 0.05) is 12.6 Å². The molecule has 3 nitrogen and oxygen atoms in total. The van der Waals surface area contributed by atoms with Crippen LogP contribution in [0.25, 0.3) is 11.0 Å². The molecule has 1 N–H and O–H groups in total. The molecule has 1 saturated heterocycles. The maximum Gasteiger partial charge on any atom is 0.178 e. The average Bonchev–Trinajstić information content (AvgIpc) is 2.69. The van der Waals surface area contributed by atoms with Crippen molar-refractivity contribution in [2.24, 2.45) is 5.92 Å². The molecule has 0 radical (unpaired) electrons. The van der Waals surface area contributed by atoms with Crippen LogP contribution in [0.2, 0.25) is 0 Å². The van der Waals surface area contributed by atoms with E-state index in [-0.39, 0.29) is 5.82 Å². The number of hydrogen-bond donors (Lipinski definition) is 1. The number of rotatable bonds is 2. The van der Waals surface area contributed by atoms with E-state index in [4.69, 9.17) is 12.2 Å². The summed E-state index contributed by atoms with van der Waals surface area (Å²) in [5.74, 6) is 0.376. The summed E-state index contributed by atoms with van der Waals surface area (Å²) in [6.45, 7) is 3.18. The SMILES string of the molecule is CN1CCC(Cn2c(=S)[nH]c3cc(F)c(Br)cc32)CC1. The monoisotopic (exact) mass is 357 g/mol. The summed E-state index contributed by atoms with van der Waals surface area (Å²) in [5.41, 5.74) is 1.74. The van der Waals surface area contributed by atoms with Gasteiger partial charge >= 0.3 is 0 Å². The molecular formula is C14H17BrFN3S. The summed E-state index contributed by atoms with van der Waals surface area (Å²) < 4.78 is 16.8. The van der Waals surface area contributed by atoms with Crippen LogP contribution in [0.3, 0.4) is 0 Å². The van der Waals surface area contributed by atoms with Gasteiger partial charge in [-0.25, -0.2) is 4.39 Å². The Morgan fingerprint density at radius 3 is 2.80 bits per heavy atom. The first-order chi connectivity index (χ1) is 9.54. The molecule has 20 heavy (non-hydrogen) atoms. The molecule has 2 aromatic rings. The molecule has 0 spiro atoms. The predicted molar refractivity (Wildman–Crippen MR) is 85.0 cm³/mol. The summed E-state index contributed by atoms with van der Waals surface area (Å²) in [6.07, 6.45) is 2.38. The normalized spacial score (nSPS) is 17.9. The van der Waals surface area contributed by atoms with Gasteiger partial charge in [-0.2, -0.15) is 0 Å². The lowest BCUT2D eigenvalue weighted by molar-refractivity contribution is 0.206. The Kier molecular flexibility index (Phi) is 3.97. The van der Waals surface area contributed by atoms with Gasteiger partial charge in [0.05, 0.1) is 15.5 Å². The van der Waals surface area contributed by atoms with Crippen LogP contribution in [0.4, 0.5) is 4.39 Å². The highest BCUT2D eigenvalue weighted by atomic mass is 79.9. The largest absolute Gasteiger partial charge is 0.330 e. The molecule has 1 aromatic carbocycles. The molecule has 108 valence electrons. The number of halogens is 2. The van der Waals surface area contributed by atoms with Gasteiger partial charge in [0.15, 0.2) is 4.77 Å². The Labute approximate surface area is 130 Å². The van der Waals surface area contributed by atoms with Crippen LogP contribution in [0.1, 0.15) is 12.8 Å². The Balaban J connectivity index is 1.93. The molecule has 0 aliphatic carbocycles. The van der Waals surface area contributed by atoms with Crippen molar-refractivity contribution >= 4 is 39.2 Å². The molecule has 0 unspecified atom stereocenters. The molecular weight excluding hydrogens is 341 g/mol. The minimum absolute atomic E-state index is 0.264. The first-order valence-corrected chi connectivity index (χ1v) is 8.01. The Hall–Kier alpha value is -0.720. The van der Waals surface area contributed by atoms with Gasteiger partial charge in [-0.05, 0) is 73.1 Å². The third-order valence-electron chi connectivity index (χ3n) is 4.10. The molecule has 1 aliphatic rings. The summed E-state index contributed by atoms with van der Waals surface area (Å²) in [5, 5.41) is 0. The highest BCUT2D eigenvalue weighted by Gasteiger charge is 2.19. The van der Waals surface area contributed by atoms with Crippen molar-refractivity contribution < 1.29 is 4.39 Å². The minimum Gasteiger partial charge on any atom is -0.330 e. The molecule has 0 atom stereocenters. The van der Waals surface area contributed by atoms with Crippen LogP contribution in [0.5, 0.6) is 0 Å². The van der Waals surface area contributed by atoms with Crippen molar-refractivity contribution in [3.63, 3.8) is 0 Å². The molecule has 0 bridgehead atoms. The fourth-order valence-corrected chi connectivity index (χ4v) is 3.45. The van der Waals surface area contributed by atoms with E-state index in [1.165, 1.54) is 18.9 Å². The lowest BCUT2D eigenvalue weighted by Crippen LogP contribution is -2.31. The topological polar surface area (TPSA) is 24.0 Å². The molecule has 1 aliphatic heterocycles. The zero-order valence-electron chi connectivity index (χ0n) is 11.3. The van der Waals surface area contributed by atoms with Gasteiger partial charge in [-0.15, -0.1) is 0 Å². The average molecular weight is 358 g/mol. The first kappa shape index (κ1) is 14.2. The second kappa shape index (κ2) is 5.58. The zero-order chi connectivity index (χ0) is 14.3. The van der Waals surface area contributed by atoms with Crippen LogP contribution in [-0.2, 0) is 6.54 Å². The fraction of sp³-hybridized carbons (Fsp3) is 0.500. The third-order valence-corrected chi connectivity index (χ3v) is 5.03. The van der Waals surface area contributed by atoms with E-state index in [1.807, 2.05) is 6.07 Å². The van der Waals surface area contributed by atoms with Crippen LogP contribution in [-0.4, -0.2) is 34.6 Å². The quantitative estimate of drug-likeness (QED) is 0.823. The number of piperidine rings is 1. The number of likely N-dealkylation sites (tertiary alicyclic amines) is 1. The molecule has 0 amide bonds. The Bertz CT molecular complexity index is 686. The van der Waals surface area contributed by atoms with E-state index in [2.05, 4.69) is 37.4 Å². The number of aromatic amines is 1. The molecule has 2 heterocycles. The van der Waals surface area contributed by atoms with Gasteiger partial charge in [0.1, 0.15) is 5.82 Å². The number of nitrogens with one attached hydrogen (secondary N) is 1. The number of fused-ring (bicyclic) bond motifs is 1. The summed E-state index contributed by atoms with van der Waals surface area (Å²) in [4.78, 5) is 5.46. The van der Waals surface area contributed by atoms with Crippen LogP contribution < -0.4 is 0 Å². The Morgan fingerprint density at radius 2 is 2.10 bits per heavy atom. The number of H-pyrrole nitrogens is 1. The zero-order valence-corrected chi connectivity index (χ0v) is 13.7. The maximum atomic E-state index is 13.6. The second-order valence-corrected chi connectivity index (χ2v) is 6.81. The van der Waals surface area contributed by atoms with Gasteiger partial charge in [-0.3, -0.25) is 0 Å². The van der Waals surface area contributed by atoms with Gasteiger partial charge < -0.3 is 14.5 Å². The van der Waals surface area contributed by atoms with Gasteiger partial charge in [0.25, 0.3) is 0 Å². The van der Waals surface area contributed by atoms with Crippen LogP contribution in [0.15, 0.2) is 16.6 Å². The van der Waals surface area contributed by atoms with E-state index < -0.39 is 0 Å².